The number of hydrogen-bond acceptors (Lipinski definition) is 2. The molecule has 1 rings (SSSR count). The Balaban J connectivity index is 0.000000758. The number of hydrogen-bond donors (Lipinski definition) is 2. The molecule has 1 heterocycles. The first-order valence-corrected chi connectivity index (χ1v) is 10.5. The van der Waals surface area contributed by atoms with Gasteiger partial charge in [0.2, 0.25) is 0 Å². The molecule has 0 radical (unpaired) electrons. The van der Waals surface area contributed by atoms with Gasteiger partial charge in [-0.1, -0.05) is 27.2 Å². The van der Waals surface area contributed by atoms with Crippen LogP contribution >= 0.6 is 7.81 Å². The Labute approximate surface area is 150 Å². The van der Waals surface area contributed by atoms with E-state index < -0.39 is 7.81 Å². The van der Waals surface area contributed by atoms with Crippen LogP contribution in [0.25, 0.3) is 0 Å². The third-order valence-electron chi connectivity index (χ3n) is 3.49. The van der Waals surface area contributed by atoms with Crippen molar-refractivity contribution in [3.8, 4) is 0 Å². The molecule has 1 atom stereocenters. The van der Waals surface area contributed by atoms with E-state index in [-0.39, 0.29) is 12.6 Å². The summed E-state index contributed by atoms with van der Waals surface area (Å²) in [5.41, 5.74) is 0. The molecule has 0 saturated carbocycles. The first-order chi connectivity index (χ1) is 11.5. The van der Waals surface area contributed by atoms with E-state index in [1.165, 1.54) is 18.7 Å². The first kappa shape index (κ1) is 25.1. The topological polar surface area (TPSA) is 41.1 Å². The van der Waals surface area contributed by atoms with Crippen molar-refractivity contribution in [2.24, 2.45) is 13.0 Å². The molecule has 2 N–H and O–H groups in total. The zero-order valence-electron chi connectivity index (χ0n) is 15.6. The van der Waals surface area contributed by atoms with Gasteiger partial charge in [0, 0.05) is 6.04 Å². The Morgan fingerprint density at radius 2 is 1.73 bits per heavy atom. The molecule has 26 heavy (non-hydrogen) atoms. The fourth-order valence-electron chi connectivity index (χ4n) is 2.34. The Morgan fingerprint density at radius 1 is 1.19 bits per heavy atom. The van der Waals surface area contributed by atoms with Crippen LogP contribution in [0, 0.1) is 5.92 Å². The van der Waals surface area contributed by atoms with E-state index in [2.05, 4.69) is 54.7 Å². The van der Waals surface area contributed by atoms with Crippen LogP contribution in [0.1, 0.15) is 45.9 Å². The summed E-state index contributed by atoms with van der Waals surface area (Å²) in [6, 6.07) is 0.189. The number of aliphatic hydroxyl groups is 1. The molecule has 0 amide bonds. The molecule has 11 heteroatoms. The number of imidazole rings is 1. The standard InChI is InChI=1S/C15H30N3O.F6P/c1-5-6-7-18-9-8-17(4)15(18)11-16-14(12-19)10-13(2)3;1-7(2,3,4,5)6/h8-9,13-14,16,19H,5-7,10-12H2,1-4H3;/q+1;-1/t14-;/m0./s1. The maximum absolute atomic E-state index is 10.7. The SMILES string of the molecule is CCCCn1cc[n+](C)c1CN[C@H](CO)CC(C)C.F[P-](F)(F)(F)(F)F. The molecule has 1 aromatic heterocycles. The van der Waals surface area contributed by atoms with E-state index >= 15 is 0 Å². The van der Waals surface area contributed by atoms with Gasteiger partial charge in [0.05, 0.1) is 26.7 Å². The average molecular weight is 413 g/mol. The van der Waals surface area contributed by atoms with Crippen molar-refractivity contribution in [1.29, 1.82) is 0 Å². The molecule has 0 aromatic carbocycles. The Morgan fingerprint density at radius 3 is 2.15 bits per heavy atom. The van der Waals surface area contributed by atoms with E-state index in [1.54, 1.807) is 0 Å². The predicted octanol–water partition coefficient (Wildman–Crippen LogP) is 4.99. The van der Waals surface area contributed by atoms with Gasteiger partial charge in [-0.2, -0.15) is 0 Å². The van der Waals surface area contributed by atoms with Gasteiger partial charge in [-0.05, 0) is 18.8 Å². The zero-order chi connectivity index (χ0) is 20.7. The second kappa shape index (κ2) is 8.89. The number of aryl methyl sites for hydroxylation is 2. The van der Waals surface area contributed by atoms with Crippen molar-refractivity contribution in [1.82, 2.24) is 9.88 Å². The van der Waals surface area contributed by atoms with Gasteiger partial charge in [-0.3, -0.25) is 0 Å². The van der Waals surface area contributed by atoms with Crippen molar-refractivity contribution >= 4 is 7.81 Å². The third kappa shape index (κ3) is 15.4. The van der Waals surface area contributed by atoms with Gasteiger partial charge in [0.15, 0.2) is 0 Å². The van der Waals surface area contributed by atoms with E-state index in [1.807, 2.05) is 0 Å². The van der Waals surface area contributed by atoms with E-state index in [9.17, 15) is 30.3 Å². The van der Waals surface area contributed by atoms with Crippen LogP contribution in [-0.2, 0) is 20.1 Å². The molecule has 0 fully saturated rings. The molecular weight excluding hydrogens is 383 g/mol. The van der Waals surface area contributed by atoms with E-state index in [4.69, 9.17) is 0 Å². The summed E-state index contributed by atoms with van der Waals surface area (Å²) in [5.74, 6) is 1.88. The van der Waals surface area contributed by atoms with Crippen molar-refractivity contribution in [3.63, 3.8) is 0 Å². The normalized spacial score (nSPS) is 15.8. The molecular formula is C15H30F6N3OP. The van der Waals surface area contributed by atoms with Crippen molar-refractivity contribution in [2.45, 2.75) is 59.2 Å². The first-order valence-electron chi connectivity index (χ1n) is 8.47. The molecule has 0 aliphatic heterocycles. The molecule has 158 valence electrons. The van der Waals surface area contributed by atoms with Crippen molar-refractivity contribution < 1.29 is 34.9 Å². The summed E-state index contributed by atoms with van der Waals surface area (Å²) in [7, 11) is -8.58. The molecule has 0 unspecified atom stereocenters. The number of unbranched alkanes of at least 4 members (excludes halogenated alkanes) is 1. The van der Waals surface area contributed by atoms with Gasteiger partial charge in [-0.25, -0.2) is 9.13 Å². The summed E-state index contributed by atoms with van der Waals surface area (Å²) >= 11 is 0. The van der Waals surface area contributed by atoms with E-state index in [0.29, 0.717) is 5.92 Å². The van der Waals surface area contributed by atoms with Crippen LogP contribution in [0.4, 0.5) is 25.2 Å². The summed E-state index contributed by atoms with van der Waals surface area (Å²) in [6.07, 6.45) is 7.67. The molecule has 4 nitrogen and oxygen atoms in total. The van der Waals surface area contributed by atoms with E-state index in [0.717, 1.165) is 19.5 Å². The van der Waals surface area contributed by atoms with Crippen LogP contribution in [0.15, 0.2) is 12.4 Å². The summed E-state index contributed by atoms with van der Waals surface area (Å²) in [5, 5.41) is 12.9. The number of aromatic nitrogens is 2. The number of halogens is 6. The minimum absolute atomic E-state index is 0.189. The Hall–Kier alpha value is -0.860. The maximum atomic E-state index is 9.87. The van der Waals surface area contributed by atoms with Crippen LogP contribution < -0.4 is 9.88 Å². The number of aliphatic hydroxyl groups excluding tert-OH is 1. The van der Waals surface area contributed by atoms with Gasteiger partial charge >= 0.3 is 33.0 Å². The van der Waals surface area contributed by atoms with Crippen LogP contribution in [0.2, 0.25) is 0 Å². The minimum atomic E-state index is -10.7. The van der Waals surface area contributed by atoms with Gasteiger partial charge in [0.1, 0.15) is 12.4 Å². The second-order valence-electron chi connectivity index (χ2n) is 6.72. The van der Waals surface area contributed by atoms with Crippen molar-refractivity contribution in [2.75, 3.05) is 6.61 Å². The molecule has 0 saturated heterocycles. The van der Waals surface area contributed by atoms with Crippen LogP contribution in [-0.4, -0.2) is 22.3 Å². The molecule has 0 spiro atoms. The van der Waals surface area contributed by atoms with Gasteiger partial charge < -0.3 is 10.4 Å². The molecule has 0 aliphatic carbocycles. The Bertz CT molecular complexity index is 533. The van der Waals surface area contributed by atoms with Gasteiger partial charge in [-0.15, -0.1) is 0 Å². The van der Waals surface area contributed by atoms with Crippen LogP contribution in [0.3, 0.4) is 0 Å². The Kier molecular flexibility index (Phi) is 8.59. The summed E-state index contributed by atoms with van der Waals surface area (Å²) < 4.78 is 63.7. The monoisotopic (exact) mass is 413 g/mol. The number of rotatable bonds is 9. The average Bonchev–Trinajstić information content (AvgIpc) is 2.78. The quantitative estimate of drug-likeness (QED) is 0.340. The fraction of sp³-hybridized carbons (Fsp3) is 0.800. The summed E-state index contributed by atoms with van der Waals surface area (Å²) in [6.45, 7) is 8.68. The van der Waals surface area contributed by atoms with Crippen LogP contribution in [0.5, 0.6) is 0 Å². The fourth-order valence-corrected chi connectivity index (χ4v) is 2.34. The predicted molar refractivity (Wildman–Crippen MR) is 91.3 cm³/mol. The second-order valence-corrected chi connectivity index (χ2v) is 8.64. The third-order valence-corrected chi connectivity index (χ3v) is 3.49. The number of nitrogens with zero attached hydrogens (tertiary/aromatic N) is 2. The summed E-state index contributed by atoms with van der Waals surface area (Å²) in [4.78, 5) is 0. The molecule has 0 bridgehead atoms. The zero-order valence-corrected chi connectivity index (χ0v) is 16.5. The molecule has 0 aliphatic rings. The molecule has 1 aromatic rings. The van der Waals surface area contributed by atoms with Gasteiger partial charge in [0.25, 0.3) is 5.82 Å². The number of nitrogens with one attached hydrogen (secondary N) is 1. The van der Waals surface area contributed by atoms with Crippen molar-refractivity contribution in [3.05, 3.63) is 18.2 Å².